The maximum absolute atomic E-state index is 5.56. The summed E-state index contributed by atoms with van der Waals surface area (Å²) in [6.07, 6.45) is 9.16. The lowest BCUT2D eigenvalue weighted by molar-refractivity contribution is 0.357. The van der Waals surface area contributed by atoms with Gasteiger partial charge in [0.15, 0.2) is 0 Å². The average molecular weight is 273 g/mol. The molecule has 20 heavy (non-hydrogen) atoms. The molecule has 0 bridgehead atoms. The molecule has 1 fully saturated rings. The second-order valence-corrected chi connectivity index (χ2v) is 6.56. The van der Waals surface area contributed by atoms with E-state index in [0.717, 1.165) is 43.7 Å². The Hall–Kier alpha value is -1.02. The van der Waals surface area contributed by atoms with Gasteiger partial charge in [0.2, 0.25) is 0 Å². The molecule has 2 atom stereocenters. The Morgan fingerprint density at radius 2 is 2.15 bits per heavy atom. The van der Waals surface area contributed by atoms with E-state index < -0.39 is 0 Å². The van der Waals surface area contributed by atoms with Gasteiger partial charge in [-0.2, -0.15) is 0 Å². The molecule has 1 aromatic rings. The Balaban J connectivity index is 1.45. The fourth-order valence-corrected chi connectivity index (χ4v) is 3.51. The highest BCUT2D eigenvalue weighted by Crippen LogP contribution is 2.26. The van der Waals surface area contributed by atoms with Gasteiger partial charge in [0.25, 0.3) is 0 Å². The van der Waals surface area contributed by atoms with Crippen molar-refractivity contribution in [2.24, 2.45) is 5.92 Å². The van der Waals surface area contributed by atoms with Crippen LogP contribution < -0.4 is 10.1 Å². The Bertz CT molecular complexity index is 443. The summed E-state index contributed by atoms with van der Waals surface area (Å²) >= 11 is 0. The van der Waals surface area contributed by atoms with Gasteiger partial charge in [-0.15, -0.1) is 0 Å². The third-order valence-electron chi connectivity index (χ3n) is 4.86. The van der Waals surface area contributed by atoms with Crippen molar-refractivity contribution in [2.45, 2.75) is 57.9 Å². The summed E-state index contributed by atoms with van der Waals surface area (Å²) in [5.74, 6) is 2.03. The first-order valence-corrected chi connectivity index (χ1v) is 8.29. The van der Waals surface area contributed by atoms with E-state index >= 15 is 0 Å². The van der Waals surface area contributed by atoms with E-state index in [4.69, 9.17) is 4.74 Å². The van der Waals surface area contributed by atoms with Crippen LogP contribution in [-0.4, -0.2) is 19.2 Å². The van der Waals surface area contributed by atoms with Crippen LogP contribution in [0.25, 0.3) is 0 Å². The van der Waals surface area contributed by atoms with Gasteiger partial charge < -0.3 is 10.1 Å². The highest BCUT2D eigenvalue weighted by atomic mass is 16.5. The lowest BCUT2D eigenvalue weighted by Gasteiger charge is -2.16. The van der Waals surface area contributed by atoms with Gasteiger partial charge >= 0.3 is 0 Å². The number of rotatable bonds is 4. The van der Waals surface area contributed by atoms with E-state index in [9.17, 15) is 0 Å². The van der Waals surface area contributed by atoms with E-state index in [1.165, 1.54) is 43.2 Å². The molecular formula is C18H27NO. The quantitative estimate of drug-likeness (QED) is 0.844. The van der Waals surface area contributed by atoms with E-state index in [2.05, 4.69) is 30.4 Å². The summed E-state index contributed by atoms with van der Waals surface area (Å²) in [5, 5.41) is 3.77. The molecule has 2 nitrogen and oxygen atoms in total. The van der Waals surface area contributed by atoms with Gasteiger partial charge in [-0.25, -0.2) is 0 Å². The number of hydrogen-bond donors (Lipinski definition) is 1. The third kappa shape index (κ3) is 3.54. The minimum absolute atomic E-state index is 0.748. The van der Waals surface area contributed by atoms with Gasteiger partial charge in [0, 0.05) is 12.5 Å². The molecule has 2 unspecified atom stereocenters. The van der Waals surface area contributed by atoms with Crippen LogP contribution in [0.3, 0.4) is 0 Å². The van der Waals surface area contributed by atoms with Crippen LogP contribution in [0.2, 0.25) is 0 Å². The fraction of sp³-hybridized carbons (Fsp3) is 0.667. The van der Waals surface area contributed by atoms with Gasteiger partial charge in [-0.3, -0.25) is 0 Å². The molecule has 0 aromatic heterocycles. The highest BCUT2D eigenvalue weighted by Gasteiger charge is 2.16. The lowest BCUT2D eigenvalue weighted by Crippen LogP contribution is -2.30. The van der Waals surface area contributed by atoms with Crippen molar-refractivity contribution in [2.75, 3.05) is 13.2 Å². The zero-order valence-electron chi connectivity index (χ0n) is 12.7. The second-order valence-electron chi connectivity index (χ2n) is 6.56. The second kappa shape index (κ2) is 6.62. The monoisotopic (exact) mass is 273 g/mol. The predicted molar refractivity (Wildman–Crippen MR) is 83.4 cm³/mol. The van der Waals surface area contributed by atoms with E-state index in [0.29, 0.717) is 0 Å². The Kier molecular flexibility index (Phi) is 4.62. The summed E-state index contributed by atoms with van der Waals surface area (Å²) in [7, 11) is 0. The standard InChI is InChI=1S/C18H27NO/c1-14-3-2-4-17(7-5-14)19-11-9-15-6-8-18-16(13-15)10-12-20-18/h6,8,13-14,17,19H,2-5,7,9-12H2,1H3. The van der Waals surface area contributed by atoms with Crippen molar-refractivity contribution < 1.29 is 4.74 Å². The minimum atomic E-state index is 0.748. The molecule has 3 rings (SSSR count). The van der Waals surface area contributed by atoms with Crippen molar-refractivity contribution >= 4 is 0 Å². The number of ether oxygens (including phenoxy) is 1. The van der Waals surface area contributed by atoms with Crippen LogP contribution in [0.4, 0.5) is 0 Å². The topological polar surface area (TPSA) is 21.3 Å². The Morgan fingerprint density at radius 1 is 1.20 bits per heavy atom. The third-order valence-corrected chi connectivity index (χ3v) is 4.86. The zero-order chi connectivity index (χ0) is 13.8. The lowest BCUT2D eigenvalue weighted by atomic mass is 10.0. The highest BCUT2D eigenvalue weighted by molar-refractivity contribution is 5.39. The number of benzene rings is 1. The summed E-state index contributed by atoms with van der Waals surface area (Å²) < 4.78 is 5.56. The largest absolute Gasteiger partial charge is 0.493 e. The molecule has 0 spiro atoms. The van der Waals surface area contributed by atoms with Crippen LogP contribution in [0, 0.1) is 5.92 Å². The van der Waals surface area contributed by atoms with Crippen LogP contribution in [0.5, 0.6) is 5.75 Å². The van der Waals surface area contributed by atoms with Gasteiger partial charge in [-0.05, 0) is 55.3 Å². The zero-order valence-corrected chi connectivity index (χ0v) is 12.7. The molecular weight excluding hydrogens is 246 g/mol. The number of fused-ring (bicyclic) bond motifs is 1. The first-order valence-electron chi connectivity index (χ1n) is 8.29. The smallest absolute Gasteiger partial charge is 0.122 e. The predicted octanol–water partition coefficient (Wildman–Crippen LogP) is 3.72. The van der Waals surface area contributed by atoms with E-state index in [1.54, 1.807) is 0 Å². The average Bonchev–Trinajstić information content (AvgIpc) is 2.82. The van der Waals surface area contributed by atoms with Crippen molar-refractivity contribution in [3.8, 4) is 5.75 Å². The number of nitrogens with one attached hydrogen (secondary N) is 1. The van der Waals surface area contributed by atoms with E-state index in [-0.39, 0.29) is 0 Å². The van der Waals surface area contributed by atoms with Gasteiger partial charge in [0.1, 0.15) is 5.75 Å². The summed E-state index contributed by atoms with van der Waals surface area (Å²) in [4.78, 5) is 0. The normalized spacial score (nSPS) is 25.9. The fourth-order valence-electron chi connectivity index (χ4n) is 3.51. The molecule has 0 saturated heterocycles. The van der Waals surface area contributed by atoms with E-state index in [1.807, 2.05) is 0 Å². The molecule has 0 amide bonds. The molecule has 1 saturated carbocycles. The van der Waals surface area contributed by atoms with Crippen molar-refractivity contribution in [1.29, 1.82) is 0 Å². The SMILES string of the molecule is CC1CCCC(NCCc2ccc3c(c2)CCO3)CC1. The first-order chi connectivity index (χ1) is 9.81. The molecule has 1 N–H and O–H groups in total. The minimum Gasteiger partial charge on any atom is -0.493 e. The van der Waals surface area contributed by atoms with Gasteiger partial charge in [-0.1, -0.05) is 31.9 Å². The molecule has 110 valence electrons. The first kappa shape index (κ1) is 13.9. The van der Waals surface area contributed by atoms with Crippen molar-refractivity contribution in [1.82, 2.24) is 5.32 Å². The summed E-state index contributed by atoms with van der Waals surface area (Å²) in [6.45, 7) is 4.37. The van der Waals surface area contributed by atoms with Crippen LogP contribution in [-0.2, 0) is 12.8 Å². The number of hydrogen-bond acceptors (Lipinski definition) is 2. The van der Waals surface area contributed by atoms with Gasteiger partial charge in [0.05, 0.1) is 6.61 Å². The molecule has 2 heteroatoms. The molecule has 1 aliphatic heterocycles. The van der Waals surface area contributed by atoms with Crippen LogP contribution in [0.15, 0.2) is 18.2 Å². The van der Waals surface area contributed by atoms with Crippen LogP contribution >= 0.6 is 0 Å². The maximum Gasteiger partial charge on any atom is 0.122 e. The van der Waals surface area contributed by atoms with Crippen molar-refractivity contribution in [3.05, 3.63) is 29.3 Å². The molecule has 1 aliphatic carbocycles. The molecule has 0 radical (unpaired) electrons. The summed E-state index contributed by atoms with van der Waals surface area (Å²) in [6, 6.07) is 7.45. The Morgan fingerprint density at radius 3 is 3.10 bits per heavy atom. The van der Waals surface area contributed by atoms with Crippen LogP contribution in [0.1, 0.15) is 50.2 Å². The maximum atomic E-state index is 5.56. The molecule has 2 aliphatic rings. The Labute approximate surface area is 122 Å². The summed E-state index contributed by atoms with van der Waals surface area (Å²) in [5.41, 5.74) is 2.84. The molecule has 1 heterocycles. The molecule has 1 aromatic carbocycles. The van der Waals surface area contributed by atoms with Crippen molar-refractivity contribution in [3.63, 3.8) is 0 Å².